The molecule has 3 aromatic heterocycles. The van der Waals surface area contributed by atoms with Gasteiger partial charge < -0.3 is 13.9 Å². The number of hydrogen-bond acceptors (Lipinski definition) is 4. The molecule has 0 saturated carbocycles. The molecule has 0 bridgehead atoms. The normalized spacial score (nSPS) is 17.7. The number of nitrogens with zero attached hydrogens (tertiary/aromatic N) is 4. The average Bonchev–Trinajstić information content (AvgIpc) is 3.34. The third-order valence-corrected chi connectivity index (χ3v) is 4.59. The number of fused-ring (bicyclic) bond motifs is 1. The third kappa shape index (κ3) is 2.48. The molecule has 1 aliphatic rings. The van der Waals surface area contributed by atoms with E-state index in [2.05, 4.69) is 16.5 Å². The number of pyridine rings is 1. The zero-order valence-electron chi connectivity index (χ0n) is 13.7. The molecular formula is C18H20N4O2. The summed E-state index contributed by atoms with van der Waals surface area (Å²) < 4.78 is 7.24. The first-order chi connectivity index (χ1) is 11.8. The van der Waals surface area contributed by atoms with Gasteiger partial charge in [-0.15, -0.1) is 0 Å². The van der Waals surface area contributed by atoms with Gasteiger partial charge in [-0.3, -0.25) is 4.79 Å². The summed E-state index contributed by atoms with van der Waals surface area (Å²) in [5, 5.41) is 0. The number of rotatable bonds is 4. The molecule has 0 spiro atoms. The van der Waals surface area contributed by atoms with Crippen molar-refractivity contribution in [3.05, 3.63) is 48.3 Å². The predicted octanol–water partition coefficient (Wildman–Crippen LogP) is 3.06. The van der Waals surface area contributed by atoms with E-state index in [4.69, 9.17) is 9.40 Å². The summed E-state index contributed by atoms with van der Waals surface area (Å²) in [4.78, 5) is 23.7. The Kier molecular flexibility index (Phi) is 3.80. The summed E-state index contributed by atoms with van der Waals surface area (Å²) in [5.74, 6) is 1.33. The summed E-state index contributed by atoms with van der Waals surface area (Å²) in [7, 11) is 0. The Bertz CT molecular complexity index is 853. The van der Waals surface area contributed by atoms with Gasteiger partial charge in [0, 0.05) is 31.7 Å². The smallest absolute Gasteiger partial charge is 0.257 e. The molecule has 1 saturated heterocycles. The standard InChI is InChI=1S/C18H20N4O2/c1-2-8-22-16(20-15-4-3-7-19-17(15)22)13-5-9-21(11-13)18(23)14-6-10-24-12-14/h3-4,6-7,10,12-13H,2,5,8-9,11H2,1H3. The number of furan rings is 1. The van der Waals surface area contributed by atoms with Crippen LogP contribution >= 0.6 is 0 Å². The first-order valence-electron chi connectivity index (χ1n) is 8.40. The van der Waals surface area contributed by atoms with Gasteiger partial charge in [-0.25, -0.2) is 9.97 Å². The summed E-state index contributed by atoms with van der Waals surface area (Å²) in [5.41, 5.74) is 2.48. The molecule has 3 aromatic rings. The van der Waals surface area contributed by atoms with E-state index >= 15 is 0 Å². The summed E-state index contributed by atoms with van der Waals surface area (Å²) in [6.07, 6.45) is 6.80. The lowest BCUT2D eigenvalue weighted by molar-refractivity contribution is 0.0789. The fraction of sp³-hybridized carbons (Fsp3) is 0.389. The Balaban J connectivity index is 1.62. The second-order valence-corrected chi connectivity index (χ2v) is 6.22. The zero-order valence-corrected chi connectivity index (χ0v) is 13.7. The molecule has 1 atom stereocenters. The molecule has 124 valence electrons. The molecule has 4 rings (SSSR count). The van der Waals surface area contributed by atoms with Crippen LogP contribution in [0.25, 0.3) is 11.2 Å². The van der Waals surface area contributed by atoms with E-state index in [1.165, 1.54) is 12.5 Å². The highest BCUT2D eigenvalue weighted by Crippen LogP contribution is 2.30. The lowest BCUT2D eigenvalue weighted by atomic mass is 10.1. The van der Waals surface area contributed by atoms with Crippen LogP contribution in [0, 0.1) is 0 Å². The highest BCUT2D eigenvalue weighted by atomic mass is 16.3. The maximum atomic E-state index is 12.5. The van der Waals surface area contributed by atoms with Gasteiger partial charge >= 0.3 is 0 Å². The van der Waals surface area contributed by atoms with Crippen LogP contribution in [0.15, 0.2) is 41.3 Å². The number of carbonyl (C=O) groups excluding carboxylic acids is 1. The maximum absolute atomic E-state index is 12.5. The molecule has 0 radical (unpaired) electrons. The van der Waals surface area contributed by atoms with Gasteiger partial charge in [0.2, 0.25) is 0 Å². The van der Waals surface area contributed by atoms with Crippen molar-refractivity contribution in [2.75, 3.05) is 13.1 Å². The van der Waals surface area contributed by atoms with Gasteiger partial charge in [-0.2, -0.15) is 0 Å². The van der Waals surface area contributed by atoms with Crippen molar-refractivity contribution in [3.8, 4) is 0 Å². The molecule has 4 heterocycles. The van der Waals surface area contributed by atoms with Crippen molar-refractivity contribution in [1.29, 1.82) is 0 Å². The fourth-order valence-corrected chi connectivity index (χ4v) is 3.46. The molecular weight excluding hydrogens is 304 g/mol. The largest absolute Gasteiger partial charge is 0.472 e. The molecule has 0 aromatic carbocycles. The van der Waals surface area contributed by atoms with Gasteiger partial charge in [0.05, 0.1) is 11.8 Å². The summed E-state index contributed by atoms with van der Waals surface area (Å²) in [6.45, 7) is 4.49. The first-order valence-corrected chi connectivity index (χ1v) is 8.40. The van der Waals surface area contributed by atoms with Crippen molar-refractivity contribution in [2.45, 2.75) is 32.2 Å². The maximum Gasteiger partial charge on any atom is 0.257 e. The molecule has 6 heteroatoms. The predicted molar refractivity (Wildman–Crippen MR) is 89.8 cm³/mol. The molecule has 1 unspecified atom stereocenters. The quantitative estimate of drug-likeness (QED) is 0.740. The van der Waals surface area contributed by atoms with Crippen LogP contribution in [0.5, 0.6) is 0 Å². The van der Waals surface area contributed by atoms with Gasteiger partial charge in [0.1, 0.15) is 17.6 Å². The van der Waals surface area contributed by atoms with Crippen LogP contribution in [0.1, 0.15) is 41.9 Å². The van der Waals surface area contributed by atoms with E-state index in [0.717, 1.165) is 42.9 Å². The van der Waals surface area contributed by atoms with Crippen molar-refractivity contribution >= 4 is 17.1 Å². The topological polar surface area (TPSA) is 64.2 Å². The molecule has 6 nitrogen and oxygen atoms in total. The SMILES string of the molecule is CCCn1c(C2CCN(C(=O)c3ccoc3)C2)nc2cccnc21. The highest BCUT2D eigenvalue weighted by molar-refractivity contribution is 5.94. The second kappa shape index (κ2) is 6.11. The molecule has 1 aliphatic heterocycles. The lowest BCUT2D eigenvalue weighted by Crippen LogP contribution is -2.28. The van der Waals surface area contributed by atoms with Crippen molar-refractivity contribution < 1.29 is 9.21 Å². The Morgan fingerprint density at radius 3 is 3.12 bits per heavy atom. The summed E-state index contributed by atoms with van der Waals surface area (Å²) >= 11 is 0. The number of carbonyl (C=O) groups is 1. The van der Waals surface area contributed by atoms with E-state index < -0.39 is 0 Å². The van der Waals surface area contributed by atoms with Crippen LogP contribution in [-0.4, -0.2) is 38.4 Å². The minimum Gasteiger partial charge on any atom is -0.472 e. The van der Waals surface area contributed by atoms with Crippen molar-refractivity contribution in [3.63, 3.8) is 0 Å². The minimum absolute atomic E-state index is 0.0301. The Hall–Kier alpha value is -2.63. The van der Waals surface area contributed by atoms with Crippen LogP contribution in [-0.2, 0) is 6.54 Å². The number of aryl methyl sites for hydroxylation is 1. The van der Waals surface area contributed by atoms with E-state index in [-0.39, 0.29) is 11.8 Å². The van der Waals surface area contributed by atoms with Crippen LogP contribution in [0.2, 0.25) is 0 Å². The van der Waals surface area contributed by atoms with E-state index in [0.29, 0.717) is 12.1 Å². The van der Waals surface area contributed by atoms with Crippen molar-refractivity contribution in [1.82, 2.24) is 19.4 Å². The lowest BCUT2D eigenvalue weighted by Gasteiger charge is -2.16. The molecule has 0 N–H and O–H groups in total. The second-order valence-electron chi connectivity index (χ2n) is 6.22. The molecule has 0 aliphatic carbocycles. The van der Waals surface area contributed by atoms with E-state index in [1.807, 2.05) is 23.2 Å². The van der Waals surface area contributed by atoms with E-state index in [9.17, 15) is 4.79 Å². The van der Waals surface area contributed by atoms with Gasteiger partial charge in [0.15, 0.2) is 5.65 Å². The third-order valence-electron chi connectivity index (χ3n) is 4.59. The van der Waals surface area contributed by atoms with Crippen LogP contribution in [0.4, 0.5) is 0 Å². The molecule has 1 amide bonds. The van der Waals surface area contributed by atoms with E-state index in [1.54, 1.807) is 6.07 Å². The van der Waals surface area contributed by atoms with Crippen molar-refractivity contribution in [2.24, 2.45) is 0 Å². The molecule has 24 heavy (non-hydrogen) atoms. The summed E-state index contributed by atoms with van der Waals surface area (Å²) in [6, 6.07) is 5.63. The first kappa shape index (κ1) is 14.9. The molecule has 1 fully saturated rings. The van der Waals surface area contributed by atoms with Gasteiger partial charge in [-0.1, -0.05) is 6.92 Å². The Labute approximate surface area is 140 Å². The minimum atomic E-state index is 0.0301. The number of aromatic nitrogens is 3. The zero-order chi connectivity index (χ0) is 16.5. The fourth-order valence-electron chi connectivity index (χ4n) is 3.46. The van der Waals surface area contributed by atoms with Crippen LogP contribution < -0.4 is 0 Å². The van der Waals surface area contributed by atoms with Crippen LogP contribution in [0.3, 0.4) is 0 Å². The number of likely N-dealkylation sites (tertiary alicyclic amines) is 1. The van der Waals surface area contributed by atoms with Gasteiger partial charge in [-0.05, 0) is 31.0 Å². The number of imidazole rings is 1. The van der Waals surface area contributed by atoms with Gasteiger partial charge in [0.25, 0.3) is 5.91 Å². The average molecular weight is 324 g/mol. The Morgan fingerprint density at radius 1 is 1.42 bits per heavy atom. The monoisotopic (exact) mass is 324 g/mol. The number of hydrogen-bond donors (Lipinski definition) is 0. The number of amides is 1. The highest BCUT2D eigenvalue weighted by Gasteiger charge is 2.31. The Morgan fingerprint density at radius 2 is 2.33 bits per heavy atom.